The number of para-hydroxylation sites is 2. The van der Waals surface area contributed by atoms with Gasteiger partial charge in [-0.3, -0.25) is 4.99 Å². The fourth-order valence-corrected chi connectivity index (χ4v) is 2.80. The van der Waals surface area contributed by atoms with E-state index in [1.54, 1.807) is 7.05 Å². The molecular formula is C21H27N5. The molecular weight excluding hydrogens is 322 g/mol. The van der Waals surface area contributed by atoms with Crippen LogP contribution in [0.5, 0.6) is 0 Å². The van der Waals surface area contributed by atoms with Gasteiger partial charge in [-0.05, 0) is 29.2 Å². The van der Waals surface area contributed by atoms with E-state index < -0.39 is 0 Å². The van der Waals surface area contributed by atoms with Gasteiger partial charge in [0.05, 0.1) is 17.4 Å². The van der Waals surface area contributed by atoms with Crippen molar-refractivity contribution < 1.29 is 0 Å². The Hall–Kier alpha value is -2.82. The molecule has 0 spiro atoms. The van der Waals surface area contributed by atoms with Gasteiger partial charge in [-0.2, -0.15) is 0 Å². The molecule has 0 aliphatic heterocycles. The number of aromatic nitrogens is 2. The predicted octanol–water partition coefficient (Wildman–Crippen LogP) is 3.41. The first kappa shape index (κ1) is 18.0. The summed E-state index contributed by atoms with van der Waals surface area (Å²) < 4.78 is 2.18. The van der Waals surface area contributed by atoms with Gasteiger partial charge in [-0.1, -0.05) is 50.2 Å². The largest absolute Gasteiger partial charge is 0.356 e. The van der Waals surface area contributed by atoms with Crippen LogP contribution >= 0.6 is 0 Å². The SMILES string of the molecule is CN=C(NCc1ccc(Cn2cnc3ccccc32)cc1)NCC(C)C. The minimum Gasteiger partial charge on any atom is -0.356 e. The van der Waals surface area contributed by atoms with Crippen LogP contribution in [0.25, 0.3) is 11.0 Å². The number of imidazole rings is 1. The lowest BCUT2D eigenvalue weighted by molar-refractivity contribution is 0.614. The molecule has 0 amide bonds. The molecule has 0 bridgehead atoms. The summed E-state index contributed by atoms with van der Waals surface area (Å²) in [5, 5.41) is 6.68. The summed E-state index contributed by atoms with van der Waals surface area (Å²) in [4.78, 5) is 8.71. The Labute approximate surface area is 155 Å². The lowest BCUT2D eigenvalue weighted by atomic mass is 10.1. The van der Waals surface area contributed by atoms with Crippen molar-refractivity contribution in [3.8, 4) is 0 Å². The molecule has 0 unspecified atom stereocenters. The number of hydrogen-bond donors (Lipinski definition) is 2. The maximum atomic E-state index is 4.45. The molecule has 1 heterocycles. The normalized spacial score (nSPS) is 11.9. The molecule has 5 heteroatoms. The quantitative estimate of drug-likeness (QED) is 0.530. The van der Waals surface area contributed by atoms with Crippen LogP contribution in [0.3, 0.4) is 0 Å². The van der Waals surface area contributed by atoms with Crippen molar-refractivity contribution in [1.82, 2.24) is 20.2 Å². The highest BCUT2D eigenvalue weighted by atomic mass is 15.2. The second-order valence-electron chi connectivity index (χ2n) is 6.88. The van der Waals surface area contributed by atoms with Crippen LogP contribution in [0.4, 0.5) is 0 Å². The Balaban J connectivity index is 1.58. The standard InChI is InChI=1S/C21H27N5/c1-16(2)12-23-21(22-3)24-13-17-8-10-18(11-9-17)14-26-15-25-19-6-4-5-7-20(19)26/h4-11,15-16H,12-14H2,1-3H3,(H2,22,23,24). The number of nitrogens with zero attached hydrogens (tertiary/aromatic N) is 3. The van der Waals surface area contributed by atoms with Crippen LogP contribution in [0, 0.1) is 5.92 Å². The maximum Gasteiger partial charge on any atom is 0.191 e. The molecule has 0 atom stereocenters. The third-order valence-electron chi connectivity index (χ3n) is 4.26. The Bertz CT molecular complexity index is 861. The fraction of sp³-hybridized carbons (Fsp3) is 0.333. The number of benzene rings is 2. The van der Waals surface area contributed by atoms with Crippen molar-refractivity contribution in [2.45, 2.75) is 26.9 Å². The topological polar surface area (TPSA) is 54.2 Å². The molecule has 3 rings (SSSR count). The number of nitrogens with one attached hydrogen (secondary N) is 2. The van der Waals surface area contributed by atoms with Crippen LogP contribution in [-0.4, -0.2) is 29.1 Å². The van der Waals surface area contributed by atoms with Crippen LogP contribution in [0.15, 0.2) is 59.9 Å². The zero-order valence-corrected chi connectivity index (χ0v) is 15.7. The maximum absolute atomic E-state index is 4.45. The zero-order valence-electron chi connectivity index (χ0n) is 15.7. The lowest BCUT2D eigenvalue weighted by Crippen LogP contribution is -2.38. The minimum absolute atomic E-state index is 0.590. The van der Waals surface area contributed by atoms with Gasteiger partial charge >= 0.3 is 0 Å². The summed E-state index contributed by atoms with van der Waals surface area (Å²) >= 11 is 0. The van der Waals surface area contributed by atoms with Gasteiger partial charge in [0.2, 0.25) is 0 Å². The van der Waals surface area contributed by atoms with Crippen molar-refractivity contribution in [3.05, 3.63) is 66.0 Å². The number of fused-ring (bicyclic) bond motifs is 1. The molecule has 0 fully saturated rings. The predicted molar refractivity (Wildman–Crippen MR) is 108 cm³/mol. The summed E-state index contributed by atoms with van der Waals surface area (Å²) in [5.74, 6) is 1.43. The van der Waals surface area contributed by atoms with E-state index in [1.165, 1.54) is 16.6 Å². The molecule has 5 nitrogen and oxygen atoms in total. The van der Waals surface area contributed by atoms with Crippen molar-refractivity contribution >= 4 is 17.0 Å². The first-order chi connectivity index (χ1) is 12.7. The van der Waals surface area contributed by atoms with Gasteiger partial charge < -0.3 is 15.2 Å². The van der Waals surface area contributed by atoms with Crippen LogP contribution in [-0.2, 0) is 13.1 Å². The second kappa shape index (κ2) is 8.52. The highest BCUT2D eigenvalue weighted by molar-refractivity contribution is 5.79. The van der Waals surface area contributed by atoms with Gasteiger partial charge in [0.15, 0.2) is 5.96 Å². The zero-order chi connectivity index (χ0) is 18.4. The van der Waals surface area contributed by atoms with E-state index in [-0.39, 0.29) is 0 Å². The molecule has 136 valence electrons. The molecule has 2 aromatic carbocycles. The third kappa shape index (κ3) is 4.63. The van der Waals surface area contributed by atoms with E-state index in [0.29, 0.717) is 5.92 Å². The summed E-state index contributed by atoms with van der Waals surface area (Å²) in [5.41, 5.74) is 4.70. The van der Waals surface area contributed by atoms with E-state index in [4.69, 9.17) is 0 Å². The molecule has 0 aliphatic rings. The first-order valence-corrected chi connectivity index (χ1v) is 9.08. The van der Waals surface area contributed by atoms with Gasteiger partial charge in [0.1, 0.15) is 0 Å². The molecule has 26 heavy (non-hydrogen) atoms. The average Bonchev–Trinajstić information content (AvgIpc) is 3.06. The van der Waals surface area contributed by atoms with Gasteiger partial charge in [-0.15, -0.1) is 0 Å². The molecule has 0 saturated carbocycles. The first-order valence-electron chi connectivity index (χ1n) is 9.08. The van der Waals surface area contributed by atoms with Crippen LogP contribution < -0.4 is 10.6 Å². The van der Waals surface area contributed by atoms with Crippen molar-refractivity contribution in [2.24, 2.45) is 10.9 Å². The molecule has 0 aliphatic carbocycles. The van der Waals surface area contributed by atoms with Crippen LogP contribution in [0.2, 0.25) is 0 Å². The van der Waals surface area contributed by atoms with Crippen LogP contribution in [0.1, 0.15) is 25.0 Å². The van der Waals surface area contributed by atoms with E-state index in [1.807, 2.05) is 18.5 Å². The summed E-state index contributed by atoms with van der Waals surface area (Å²) in [6.45, 7) is 6.86. The molecule has 2 N–H and O–H groups in total. The second-order valence-corrected chi connectivity index (χ2v) is 6.88. The van der Waals surface area contributed by atoms with Crippen molar-refractivity contribution in [2.75, 3.05) is 13.6 Å². The number of hydrogen-bond acceptors (Lipinski definition) is 2. The van der Waals surface area contributed by atoms with Gasteiger partial charge in [-0.25, -0.2) is 4.98 Å². The lowest BCUT2D eigenvalue weighted by Gasteiger charge is -2.13. The fourth-order valence-electron chi connectivity index (χ4n) is 2.80. The molecule has 0 radical (unpaired) electrons. The van der Waals surface area contributed by atoms with E-state index in [9.17, 15) is 0 Å². The van der Waals surface area contributed by atoms with Crippen molar-refractivity contribution in [1.29, 1.82) is 0 Å². The van der Waals surface area contributed by atoms with Gasteiger partial charge in [0.25, 0.3) is 0 Å². The summed E-state index contributed by atoms with van der Waals surface area (Å²) in [6.07, 6.45) is 1.91. The Morgan fingerprint density at radius 2 is 1.77 bits per heavy atom. The minimum atomic E-state index is 0.590. The smallest absolute Gasteiger partial charge is 0.191 e. The van der Waals surface area contributed by atoms with E-state index in [0.717, 1.165) is 31.1 Å². The van der Waals surface area contributed by atoms with E-state index in [2.05, 4.69) is 75.4 Å². The third-order valence-corrected chi connectivity index (χ3v) is 4.26. The number of rotatable bonds is 6. The Morgan fingerprint density at radius 3 is 2.50 bits per heavy atom. The summed E-state index contributed by atoms with van der Waals surface area (Å²) in [7, 11) is 1.80. The Morgan fingerprint density at radius 1 is 1.04 bits per heavy atom. The molecule has 3 aromatic rings. The average molecular weight is 349 g/mol. The highest BCUT2D eigenvalue weighted by Crippen LogP contribution is 2.14. The Kier molecular flexibility index (Phi) is 5.89. The number of guanidine groups is 1. The summed E-state index contributed by atoms with van der Waals surface area (Å²) in [6, 6.07) is 16.9. The molecule has 1 aromatic heterocycles. The molecule has 0 saturated heterocycles. The number of aliphatic imine (C=N–C) groups is 1. The van der Waals surface area contributed by atoms with E-state index >= 15 is 0 Å². The van der Waals surface area contributed by atoms with Gasteiger partial charge in [0, 0.05) is 26.7 Å². The van der Waals surface area contributed by atoms with Crippen molar-refractivity contribution in [3.63, 3.8) is 0 Å². The monoisotopic (exact) mass is 349 g/mol. The highest BCUT2D eigenvalue weighted by Gasteiger charge is 2.03.